The molecule has 0 aliphatic heterocycles. The summed E-state index contributed by atoms with van der Waals surface area (Å²) in [5.41, 5.74) is 0. The Bertz CT molecular complexity index is 285. The van der Waals surface area contributed by atoms with Crippen LogP contribution >= 0.6 is 0 Å². The van der Waals surface area contributed by atoms with Crippen LogP contribution in [0, 0.1) is 0 Å². The third kappa shape index (κ3) is 1.54. The highest BCUT2D eigenvalue weighted by Gasteiger charge is 2.27. The first-order chi connectivity index (χ1) is 6.31. The number of aromatic nitrogens is 2. The zero-order chi connectivity index (χ0) is 9.26. The Balaban J connectivity index is 2.15. The zero-order valence-electron chi connectivity index (χ0n) is 7.68. The lowest BCUT2D eigenvalue weighted by molar-refractivity contribution is 0.130. The van der Waals surface area contributed by atoms with E-state index < -0.39 is 0 Å². The molecule has 0 saturated heterocycles. The molecule has 0 amide bonds. The third-order valence-corrected chi connectivity index (χ3v) is 2.60. The molecule has 1 saturated carbocycles. The van der Waals surface area contributed by atoms with E-state index in [-0.39, 0.29) is 12.1 Å². The summed E-state index contributed by atoms with van der Waals surface area (Å²) in [6, 6.07) is 0.142. The van der Waals surface area contributed by atoms with Crippen molar-refractivity contribution in [2.45, 2.75) is 31.4 Å². The Morgan fingerprint density at radius 3 is 3.00 bits per heavy atom. The molecule has 1 heterocycles. The molecular weight excluding hydrogens is 168 g/mol. The summed E-state index contributed by atoms with van der Waals surface area (Å²) in [4.78, 5) is 0. The summed E-state index contributed by atoms with van der Waals surface area (Å²) in [5, 5.41) is 13.8. The number of methoxy groups -OCH3 is 1. The van der Waals surface area contributed by atoms with Crippen molar-refractivity contribution < 1.29 is 9.84 Å². The van der Waals surface area contributed by atoms with Gasteiger partial charge in [0.1, 0.15) is 0 Å². The number of nitrogens with zero attached hydrogens (tertiary/aromatic N) is 2. The van der Waals surface area contributed by atoms with Crippen LogP contribution in [0.4, 0.5) is 0 Å². The van der Waals surface area contributed by atoms with E-state index in [4.69, 9.17) is 4.74 Å². The van der Waals surface area contributed by atoms with E-state index in [0.29, 0.717) is 0 Å². The molecule has 2 atom stereocenters. The first-order valence-electron chi connectivity index (χ1n) is 4.57. The van der Waals surface area contributed by atoms with Gasteiger partial charge in [0.05, 0.1) is 31.6 Å². The normalized spacial score (nSPS) is 27.8. The number of rotatable bonds is 2. The highest BCUT2D eigenvalue weighted by atomic mass is 16.5. The van der Waals surface area contributed by atoms with E-state index in [2.05, 4.69) is 5.10 Å². The van der Waals surface area contributed by atoms with Gasteiger partial charge in [0.2, 0.25) is 0 Å². The van der Waals surface area contributed by atoms with Crippen molar-refractivity contribution in [3.05, 3.63) is 12.4 Å². The predicted octanol–water partition coefficient (Wildman–Crippen LogP) is 0.978. The third-order valence-electron chi connectivity index (χ3n) is 2.60. The Labute approximate surface area is 77.1 Å². The molecule has 1 aromatic rings. The largest absolute Gasteiger partial charge is 0.493 e. The monoisotopic (exact) mass is 182 g/mol. The van der Waals surface area contributed by atoms with E-state index in [1.54, 1.807) is 18.0 Å². The molecule has 2 rings (SSSR count). The minimum Gasteiger partial charge on any atom is -0.493 e. The van der Waals surface area contributed by atoms with Crippen molar-refractivity contribution in [2.24, 2.45) is 0 Å². The van der Waals surface area contributed by atoms with E-state index in [1.807, 2.05) is 6.20 Å². The first kappa shape index (κ1) is 8.56. The molecular formula is C9H14N2O2. The second kappa shape index (κ2) is 3.38. The second-order valence-electron chi connectivity index (χ2n) is 3.43. The molecule has 0 radical (unpaired) electrons. The van der Waals surface area contributed by atoms with Gasteiger partial charge in [-0.05, 0) is 19.3 Å². The van der Waals surface area contributed by atoms with Crippen molar-refractivity contribution in [1.29, 1.82) is 0 Å². The van der Waals surface area contributed by atoms with Gasteiger partial charge < -0.3 is 9.84 Å². The van der Waals surface area contributed by atoms with E-state index in [0.717, 1.165) is 25.0 Å². The van der Waals surface area contributed by atoms with Crippen LogP contribution in [0.1, 0.15) is 25.3 Å². The van der Waals surface area contributed by atoms with Crippen LogP contribution in [-0.4, -0.2) is 28.1 Å². The molecule has 72 valence electrons. The van der Waals surface area contributed by atoms with Crippen LogP contribution in [0.5, 0.6) is 5.75 Å². The maximum absolute atomic E-state index is 9.62. The molecule has 1 fully saturated rings. The quantitative estimate of drug-likeness (QED) is 0.741. The van der Waals surface area contributed by atoms with E-state index >= 15 is 0 Å². The molecule has 0 spiro atoms. The second-order valence-corrected chi connectivity index (χ2v) is 3.43. The minimum absolute atomic E-state index is 0.142. The smallest absolute Gasteiger partial charge is 0.156 e. The van der Waals surface area contributed by atoms with Gasteiger partial charge in [-0.3, -0.25) is 4.68 Å². The SMILES string of the molecule is COc1cnn(C2CCCC2O)c1. The summed E-state index contributed by atoms with van der Waals surface area (Å²) < 4.78 is 6.83. The summed E-state index contributed by atoms with van der Waals surface area (Å²) >= 11 is 0. The summed E-state index contributed by atoms with van der Waals surface area (Å²) in [5.74, 6) is 0.749. The molecule has 0 bridgehead atoms. The van der Waals surface area contributed by atoms with Gasteiger partial charge in [-0.2, -0.15) is 5.10 Å². The molecule has 4 heteroatoms. The Hall–Kier alpha value is -1.03. The van der Waals surface area contributed by atoms with Gasteiger partial charge >= 0.3 is 0 Å². The fourth-order valence-electron chi connectivity index (χ4n) is 1.84. The van der Waals surface area contributed by atoms with Crippen LogP contribution in [-0.2, 0) is 0 Å². The summed E-state index contributed by atoms with van der Waals surface area (Å²) in [6.07, 6.45) is 6.22. The number of ether oxygens (including phenoxy) is 1. The van der Waals surface area contributed by atoms with E-state index in [1.165, 1.54) is 0 Å². The number of hydrogen-bond donors (Lipinski definition) is 1. The Morgan fingerprint density at radius 1 is 1.62 bits per heavy atom. The van der Waals surface area contributed by atoms with Gasteiger partial charge in [-0.25, -0.2) is 0 Å². The number of aliphatic hydroxyl groups is 1. The molecule has 1 N–H and O–H groups in total. The highest BCUT2D eigenvalue weighted by molar-refractivity contribution is 5.12. The lowest BCUT2D eigenvalue weighted by atomic mass is 10.2. The highest BCUT2D eigenvalue weighted by Crippen LogP contribution is 2.30. The maximum Gasteiger partial charge on any atom is 0.156 e. The first-order valence-corrected chi connectivity index (χ1v) is 4.57. The summed E-state index contributed by atoms with van der Waals surface area (Å²) in [7, 11) is 1.62. The van der Waals surface area contributed by atoms with Crippen molar-refractivity contribution in [3.63, 3.8) is 0 Å². The molecule has 13 heavy (non-hydrogen) atoms. The van der Waals surface area contributed by atoms with Crippen molar-refractivity contribution in [3.8, 4) is 5.75 Å². The number of hydrogen-bond acceptors (Lipinski definition) is 3. The minimum atomic E-state index is -0.246. The Kier molecular flexibility index (Phi) is 2.22. The molecule has 0 aromatic carbocycles. The van der Waals surface area contributed by atoms with Crippen LogP contribution in [0.15, 0.2) is 12.4 Å². The fraction of sp³-hybridized carbons (Fsp3) is 0.667. The van der Waals surface area contributed by atoms with Crippen LogP contribution < -0.4 is 4.74 Å². The molecule has 2 unspecified atom stereocenters. The fourth-order valence-corrected chi connectivity index (χ4v) is 1.84. The van der Waals surface area contributed by atoms with Crippen LogP contribution in [0.3, 0.4) is 0 Å². The van der Waals surface area contributed by atoms with Crippen molar-refractivity contribution >= 4 is 0 Å². The van der Waals surface area contributed by atoms with E-state index in [9.17, 15) is 5.11 Å². The molecule has 1 aliphatic rings. The van der Waals surface area contributed by atoms with Gasteiger partial charge in [0, 0.05) is 0 Å². The lowest BCUT2D eigenvalue weighted by Gasteiger charge is -2.14. The number of aliphatic hydroxyl groups excluding tert-OH is 1. The Morgan fingerprint density at radius 2 is 2.46 bits per heavy atom. The topological polar surface area (TPSA) is 47.3 Å². The van der Waals surface area contributed by atoms with Crippen LogP contribution in [0.2, 0.25) is 0 Å². The van der Waals surface area contributed by atoms with Gasteiger partial charge in [0.15, 0.2) is 5.75 Å². The standard InChI is InChI=1S/C9H14N2O2/c1-13-7-5-10-11(6-7)8-3-2-4-9(8)12/h5-6,8-9,12H,2-4H2,1H3. The van der Waals surface area contributed by atoms with Gasteiger partial charge in [-0.1, -0.05) is 0 Å². The maximum atomic E-state index is 9.62. The molecule has 4 nitrogen and oxygen atoms in total. The molecule has 1 aliphatic carbocycles. The van der Waals surface area contributed by atoms with Gasteiger partial charge in [-0.15, -0.1) is 0 Å². The van der Waals surface area contributed by atoms with Gasteiger partial charge in [0.25, 0.3) is 0 Å². The summed E-state index contributed by atoms with van der Waals surface area (Å²) in [6.45, 7) is 0. The molecule has 1 aromatic heterocycles. The van der Waals surface area contributed by atoms with Crippen LogP contribution in [0.25, 0.3) is 0 Å². The average Bonchev–Trinajstić information content (AvgIpc) is 2.71. The van der Waals surface area contributed by atoms with Crippen molar-refractivity contribution in [1.82, 2.24) is 9.78 Å². The lowest BCUT2D eigenvalue weighted by Crippen LogP contribution is -2.18. The van der Waals surface area contributed by atoms with Crippen molar-refractivity contribution in [2.75, 3.05) is 7.11 Å². The predicted molar refractivity (Wildman–Crippen MR) is 47.7 cm³/mol. The average molecular weight is 182 g/mol. The zero-order valence-corrected chi connectivity index (χ0v) is 7.68.